The molecule has 1 unspecified atom stereocenters. The number of likely N-dealkylation sites (tertiary alicyclic amines) is 1. The van der Waals surface area contributed by atoms with Gasteiger partial charge in [-0.25, -0.2) is 0 Å². The molecular formula is C17H26N2O3. The summed E-state index contributed by atoms with van der Waals surface area (Å²) in [5.41, 5.74) is 1.65. The van der Waals surface area contributed by atoms with Crippen molar-refractivity contribution in [3.63, 3.8) is 0 Å². The van der Waals surface area contributed by atoms with Gasteiger partial charge in [0, 0.05) is 25.2 Å². The van der Waals surface area contributed by atoms with E-state index in [2.05, 4.69) is 16.3 Å². The summed E-state index contributed by atoms with van der Waals surface area (Å²) in [5.74, 6) is 2.17. The van der Waals surface area contributed by atoms with Gasteiger partial charge in [0.15, 0.2) is 11.5 Å². The minimum Gasteiger partial charge on any atom is -0.493 e. The van der Waals surface area contributed by atoms with Gasteiger partial charge in [0.05, 0.1) is 21.3 Å². The normalized spacial score (nSPS) is 24.9. The van der Waals surface area contributed by atoms with E-state index in [1.807, 2.05) is 6.07 Å². The Labute approximate surface area is 132 Å². The first-order chi connectivity index (χ1) is 10.7. The standard InChI is InChI=1S/C17H26N2O3/c1-20-14-5-4-13(15(21-2)16(14)22-3)10-19-9-7-17(12-19)6-8-18-11-17/h4-5,18H,6-12H2,1-3H3. The molecule has 0 bridgehead atoms. The molecule has 2 heterocycles. The molecule has 0 saturated carbocycles. The molecule has 1 aromatic rings. The molecule has 0 amide bonds. The summed E-state index contributed by atoms with van der Waals surface area (Å²) in [5, 5.41) is 3.51. The van der Waals surface area contributed by atoms with E-state index >= 15 is 0 Å². The highest BCUT2D eigenvalue weighted by atomic mass is 16.5. The minimum absolute atomic E-state index is 0.490. The predicted octanol–water partition coefficient (Wildman–Crippen LogP) is 1.90. The van der Waals surface area contributed by atoms with Gasteiger partial charge in [0.2, 0.25) is 5.75 Å². The van der Waals surface area contributed by atoms with Crippen LogP contribution in [-0.2, 0) is 6.54 Å². The van der Waals surface area contributed by atoms with Gasteiger partial charge in [0.1, 0.15) is 0 Å². The first-order valence-electron chi connectivity index (χ1n) is 7.92. The van der Waals surface area contributed by atoms with Crippen molar-refractivity contribution in [2.75, 3.05) is 47.5 Å². The van der Waals surface area contributed by atoms with Crippen molar-refractivity contribution in [3.8, 4) is 17.2 Å². The van der Waals surface area contributed by atoms with Crippen LogP contribution in [0, 0.1) is 5.41 Å². The first-order valence-corrected chi connectivity index (χ1v) is 7.92. The fourth-order valence-electron chi connectivity index (χ4n) is 3.84. The quantitative estimate of drug-likeness (QED) is 0.900. The van der Waals surface area contributed by atoms with Crippen LogP contribution < -0.4 is 19.5 Å². The third kappa shape index (κ3) is 2.75. The Kier molecular flexibility index (Phi) is 4.45. The number of rotatable bonds is 5. The van der Waals surface area contributed by atoms with Crippen molar-refractivity contribution in [2.45, 2.75) is 19.4 Å². The molecule has 0 aromatic heterocycles. The zero-order valence-electron chi connectivity index (χ0n) is 13.8. The van der Waals surface area contributed by atoms with E-state index in [-0.39, 0.29) is 0 Å². The number of nitrogens with one attached hydrogen (secondary N) is 1. The van der Waals surface area contributed by atoms with Gasteiger partial charge in [-0.15, -0.1) is 0 Å². The molecule has 1 N–H and O–H groups in total. The van der Waals surface area contributed by atoms with Crippen LogP contribution in [0.4, 0.5) is 0 Å². The maximum Gasteiger partial charge on any atom is 0.203 e. The molecular weight excluding hydrogens is 280 g/mol. The van der Waals surface area contributed by atoms with Crippen LogP contribution >= 0.6 is 0 Å². The van der Waals surface area contributed by atoms with Crippen LogP contribution in [0.25, 0.3) is 0 Å². The molecule has 3 rings (SSSR count). The highest BCUT2D eigenvalue weighted by Gasteiger charge is 2.40. The molecule has 122 valence electrons. The summed E-state index contributed by atoms with van der Waals surface area (Å²) < 4.78 is 16.4. The summed E-state index contributed by atoms with van der Waals surface area (Å²) in [4.78, 5) is 2.52. The third-order valence-electron chi connectivity index (χ3n) is 5.03. The van der Waals surface area contributed by atoms with Gasteiger partial charge >= 0.3 is 0 Å². The van der Waals surface area contributed by atoms with E-state index < -0.39 is 0 Å². The topological polar surface area (TPSA) is 43.0 Å². The zero-order valence-corrected chi connectivity index (χ0v) is 13.8. The predicted molar refractivity (Wildman–Crippen MR) is 85.9 cm³/mol. The summed E-state index contributed by atoms with van der Waals surface area (Å²) in [7, 11) is 4.99. The van der Waals surface area contributed by atoms with Crippen LogP contribution in [0.15, 0.2) is 12.1 Å². The highest BCUT2D eigenvalue weighted by molar-refractivity contribution is 5.55. The molecule has 1 spiro atoms. The van der Waals surface area contributed by atoms with Crippen LogP contribution in [-0.4, -0.2) is 52.4 Å². The number of nitrogens with zero attached hydrogens (tertiary/aromatic N) is 1. The fraction of sp³-hybridized carbons (Fsp3) is 0.647. The van der Waals surface area contributed by atoms with E-state index in [0.717, 1.165) is 44.0 Å². The lowest BCUT2D eigenvalue weighted by atomic mass is 9.86. The lowest BCUT2D eigenvalue weighted by Gasteiger charge is -2.24. The summed E-state index contributed by atoms with van der Waals surface area (Å²) in [6.45, 7) is 5.53. The van der Waals surface area contributed by atoms with E-state index in [9.17, 15) is 0 Å². The monoisotopic (exact) mass is 306 g/mol. The highest BCUT2D eigenvalue weighted by Crippen LogP contribution is 2.42. The van der Waals surface area contributed by atoms with Crippen LogP contribution in [0.5, 0.6) is 17.2 Å². The Balaban J connectivity index is 1.78. The van der Waals surface area contributed by atoms with E-state index in [4.69, 9.17) is 14.2 Å². The second-order valence-corrected chi connectivity index (χ2v) is 6.38. The molecule has 0 radical (unpaired) electrons. The minimum atomic E-state index is 0.490. The molecule has 2 fully saturated rings. The maximum atomic E-state index is 5.59. The van der Waals surface area contributed by atoms with Crippen LogP contribution in [0.2, 0.25) is 0 Å². The molecule has 1 aromatic carbocycles. The number of hydrogen-bond acceptors (Lipinski definition) is 5. The molecule has 2 saturated heterocycles. The maximum absolute atomic E-state index is 5.59. The SMILES string of the molecule is COc1ccc(CN2CCC3(CCNC3)C2)c(OC)c1OC. The Bertz CT molecular complexity index is 527. The van der Waals surface area contributed by atoms with Gasteiger partial charge in [-0.1, -0.05) is 6.07 Å². The van der Waals surface area contributed by atoms with Crippen molar-refractivity contribution < 1.29 is 14.2 Å². The van der Waals surface area contributed by atoms with Gasteiger partial charge in [-0.05, 0) is 37.4 Å². The Hall–Kier alpha value is -1.46. The van der Waals surface area contributed by atoms with Gasteiger partial charge < -0.3 is 19.5 Å². The fourth-order valence-corrected chi connectivity index (χ4v) is 3.84. The molecule has 0 aliphatic carbocycles. The molecule has 2 aliphatic rings. The van der Waals surface area contributed by atoms with Crippen molar-refractivity contribution >= 4 is 0 Å². The smallest absolute Gasteiger partial charge is 0.203 e. The van der Waals surface area contributed by atoms with E-state index in [1.165, 1.54) is 12.8 Å². The van der Waals surface area contributed by atoms with Crippen molar-refractivity contribution in [1.29, 1.82) is 0 Å². The largest absolute Gasteiger partial charge is 0.493 e. The van der Waals surface area contributed by atoms with Crippen LogP contribution in [0.3, 0.4) is 0 Å². The summed E-state index contributed by atoms with van der Waals surface area (Å²) in [6, 6.07) is 4.04. The summed E-state index contributed by atoms with van der Waals surface area (Å²) in [6.07, 6.45) is 2.59. The molecule has 1 atom stereocenters. The van der Waals surface area contributed by atoms with Gasteiger partial charge in [0.25, 0.3) is 0 Å². The second-order valence-electron chi connectivity index (χ2n) is 6.38. The molecule has 22 heavy (non-hydrogen) atoms. The molecule has 5 nitrogen and oxygen atoms in total. The average molecular weight is 306 g/mol. The Morgan fingerprint density at radius 1 is 1.09 bits per heavy atom. The zero-order chi connectivity index (χ0) is 15.6. The lowest BCUT2D eigenvalue weighted by Crippen LogP contribution is -2.29. The second kappa shape index (κ2) is 6.34. The Morgan fingerprint density at radius 2 is 1.91 bits per heavy atom. The summed E-state index contributed by atoms with van der Waals surface area (Å²) >= 11 is 0. The van der Waals surface area contributed by atoms with Gasteiger partial charge in [-0.2, -0.15) is 0 Å². The lowest BCUT2D eigenvalue weighted by molar-refractivity contribution is 0.262. The van der Waals surface area contributed by atoms with Crippen LogP contribution in [0.1, 0.15) is 18.4 Å². The molecule has 5 heteroatoms. The third-order valence-corrected chi connectivity index (χ3v) is 5.03. The number of hydrogen-bond donors (Lipinski definition) is 1. The van der Waals surface area contributed by atoms with Crippen molar-refractivity contribution in [1.82, 2.24) is 10.2 Å². The molecule has 2 aliphatic heterocycles. The number of ether oxygens (including phenoxy) is 3. The van der Waals surface area contributed by atoms with Gasteiger partial charge in [-0.3, -0.25) is 4.90 Å². The van der Waals surface area contributed by atoms with Crippen molar-refractivity contribution in [3.05, 3.63) is 17.7 Å². The van der Waals surface area contributed by atoms with Crippen molar-refractivity contribution in [2.24, 2.45) is 5.41 Å². The number of benzene rings is 1. The first kappa shape index (κ1) is 15.4. The number of methoxy groups -OCH3 is 3. The van der Waals surface area contributed by atoms with E-state index in [1.54, 1.807) is 21.3 Å². The Morgan fingerprint density at radius 3 is 2.55 bits per heavy atom. The van der Waals surface area contributed by atoms with E-state index in [0.29, 0.717) is 16.9 Å². The average Bonchev–Trinajstić information content (AvgIpc) is 3.17.